The van der Waals surface area contributed by atoms with Crippen LogP contribution in [0.5, 0.6) is 0 Å². The zero-order valence-corrected chi connectivity index (χ0v) is 15.0. The molecule has 128 valence electrons. The molecule has 4 aromatic rings. The summed E-state index contributed by atoms with van der Waals surface area (Å²) in [4.78, 5) is 4.35. The van der Waals surface area contributed by atoms with Crippen molar-refractivity contribution in [3.05, 3.63) is 78.1 Å². The van der Waals surface area contributed by atoms with Gasteiger partial charge >= 0.3 is 0 Å². The Bertz CT molecular complexity index is 976. The Kier molecular flexibility index (Phi) is 5.37. The highest BCUT2D eigenvalue weighted by Crippen LogP contribution is 2.29. The van der Waals surface area contributed by atoms with Crippen LogP contribution in [0.4, 0.5) is 0 Å². The molecule has 0 bridgehead atoms. The van der Waals surface area contributed by atoms with Crippen molar-refractivity contribution in [3.63, 3.8) is 0 Å². The maximum absolute atomic E-state index is 4.35. The number of benzene rings is 2. The first-order valence-corrected chi connectivity index (χ1v) is 8.47. The average Bonchev–Trinajstić information content (AvgIpc) is 2.96. The van der Waals surface area contributed by atoms with E-state index in [1.54, 1.807) is 0 Å². The zero-order chi connectivity index (χ0) is 16.4. The molecule has 2 aromatic heterocycles. The standard InChI is InChI=1S/C21H21N3.ClH/c1-2-24-20-9-4-3-8-18(20)19-13-16(10-11-21(19)24)14-22-15-17-7-5-6-12-23-17;/h3-13,22H,2,14-15H2,1H3;1H/p-1. The normalized spacial score (nSPS) is 10.9. The third kappa shape index (κ3) is 3.39. The summed E-state index contributed by atoms with van der Waals surface area (Å²) in [5.41, 5.74) is 5.00. The first kappa shape index (κ1) is 17.5. The minimum Gasteiger partial charge on any atom is -1.00 e. The van der Waals surface area contributed by atoms with Crippen molar-refractivity contribution in [2.24, 2.45) is 0 Å². The van der Waals surface area contributed by atoms with Gasteiger partial charge in [-0.1, -0.05) is 30.3 Å². The number of hydrogen-bond donors (Lipinski definition) is 1. The highest BCUT2D eigenvalue weighted by atomic mass is 35.5. The van der Waals surface area contributed by atoms with Gasteiger partial charge in [-0.05, 0) is 42.8 Å². The van der Waals surface area contributed by atoms with E-state index in [2.05, 4.69) is 64.3 Å². The number of pyridine rings is 1. The van der Waals surface area contributed by atoms with Crippen LogP contribution in [-0.2, 0) is 19.6 Å². The second kappa shape index (κ2) is 7.68. The summed E-state index contributed by atoms with van der Waals surface area (Å²) < 4.78 is 2.38. The number of aryl methyl sites for hydroxylation is 1. The maximum atomic E-state index is 4.35. The number of fused-ring (bicyclic) bond motifs is 3. The summed E-state index contributed by atoms with van der Waals surface area (Å²) in [6, 6.07) is 21.5. The second-order valence-electron chi connectivity index (χ2n) is 6.04. The van der Waals surface area contributed by atoms with Crippen LogP contribution in [-0.4, -0.2) is 9.55 Å². The summed E-state index contributed by atoms with van der Waals surface area (Å²) in [6.07, 6.45) is 1.84. The molecule has 3 nitrogen and oxygen atoms in total. The van der Waals surface area contributed by atoms with Crippen LogP contribution in [0.2, 0.25) is 0 Å². The lowest BCUT2D eigenvalue weighted by Gasteiger charge is -2.06. The van der Waals surface area contributed by atoms with Gasteiger partial charge in [-0.3, -0.25) is 4.98 Å². The Balaban J connectivity index is 0.00000182. The molecule has 0 aliphatic heterocycles. The topological polar surface area (TPSA) is 29.9 Å². The van der Waals surface area contributed by atoms with E-state index in [4.69, 9.17) is 0 Å². The van der Waals surface area contributed by atoms with Crippen LogP contribution >= 0.6 is 0 Å². The van der Waals surface area contributed by atoms with Crippen molar-refractivity contribution in [2.75, 3.05) is 0 Å². The summed E-state index contributed by atoms with van der Waals surface area (Å²) in [6.45, 7) is 4.82. The summed E-state index contributed by atoms with van der Waals surface area (Å²) in [7, 11) is 0. The minimum absolute atomic E-state index is 0. The van der Waals surface area contributed by atoms with Gasteiger partial charge in [0.05, 0.1) is 5.69 Å². The van der Waals surface area contributed by atoms with Crippen molar-refractivity contribution >= 4 is 21.8 Å². The van der Waals surface area contributed by atoms with E-state index in [-0.39, 0.29) is 12.4 Å². The molecule has 0 aliphatic carbocycles. The van der Waals surface area contributed by atoms with Gasteiger partial charge in [0, 0.05) is 47.6 Å². The molecule has 0 unspecified atom stereocenters. The largest absolute Gasteiger partial charge is 1.00 e. The van der Waals surface area contributed by atoms with Crippen LogP contribution < -0.4 is 17.7 Å². The van der Waals surface area contributed by atoms with E-state index in [0.717, 1.165) is 25.3 Å². The third-order valence-corrected chi connectivity index (χ3v) is 4.51. The molecule has 1 N–H and O–H groups in total. The number of hydrogen-bond acceptors (Lipinski definition) is 2. The molecule has 0 atom stereocenters. The van der Waals surface area contributed by atoms with Crippen molar-refractivity contribution in [1.29, 1.82) is 0 Å². The molecule has 0 aliphatic rings. The van der Waals surface area contributed by atoms with Gasteiger partial charge < -0.3 is 22.3 Å². The molecule has 2 aromatic carbocycles. The second-order valence-corrected chi connectivity index (χ2v) is 6.04. The SMILES string of the molecule is CCn1c2ccccc2c2cc(CNCc3ccccn3)ccc21.[Cl-]. The molecule has 0 fully saturated rings. The molecular formula is C21H21ClN3-. The molecule has 0 saturated carbocycles. The predicted octanol–water partition coefficient (Wildman–Crippen LogP) is 1.50. The third-order valence-electron chi connectivity index (χ3n) is 4.51. The van der Waals surface area contributed by atoms with Gasteiger partial charge in [-0.15, -0.1) is 0 Å². The quantitative estimate of drug-likeness (QED) is 0.591. The van der Waals surface area contributed by atoms with Crippen LogP contribution in [0.15, 0.2) is 66.9 Å². The number of nitrogens with zero attached hydrogens (tertiary/aromatic N) is 2. The van der Waals surface area contributed by atoms with Gasteiger partial charge in [0.25, 0.3) is 0 Å². The molecule has 4 heteroatoms. The van der Waals surface area contributed by atoms with Crippen molar-refractivity contribution in [3.8, 4) is 0 Å². The van der Waals surface area contributed by atoms with Gasteiger partial charge in [0.15, 0.2) is 0 Å². The molecule has 0 spiro atoms. The predicted molar refractivity (Wildman–Crippen MR) is 99.9 cm³/mol. The Labute approximate surface area is 154 Å². The van der Waals surface area contributed by atoms with Crippen molar-refractivity contribution < 1.29 is 12.4 Å². The fourth-order valence-corrected chi connectivity index (χ4v) is 3.39. The summed E-state index contributed by atoms with van der Waals surface area (Å²) >= 11 is 0. The fraction of sp³-hybridized carbons (Fsp3) is 0.190. The van der Waals surface area contributed by atoms with E-state index in [1.165, 1.54) is 27.4 Å². The molecule has 2 heterocycles. The number of rotatable bonds is 5. The van der Waals surface area contributed by atoms with Crippen LogP contribution in [0.1, 0.15) is 18.2 Å². The molecule has 0 saturated heterocycles. The van der Waals surface area contributed by atoms with E-state index in [0.29, 0.717) is 0 Å². The molecular weight excluding hydrogens is 330 g/mol. The number of nitrogens with one attached hydrogen (secondary N) is 1. The Morgan fingerprint density at radius 1 is 0.880 bits per heavy atom. The molecule has 0 radical (unpaired) electrons. The number of halogens is 1. The Hall–Kier alpha value is -2.36. The Morgan fingerprint density at radius 3 is 2.48 bits per heavy atom. The minimum atomic E-state index is 0. The van der Waals surface area contributed by atoms with E-state index >= 15 is 0 Å². The van der Waals surface area contributed by atoms with Crippen molar-refractivity contribution in [2.45, 2.75) is 26.6 Å². The smallest absolute Gasteiger partial charge is 0.0541 e. The van der Waals surface area contributed by atoms with E-state index in [1.807, 2.05) is 24.4 Å². The first-order valence-electron chi connectivity index (χ1n) is 8.47. The van der Waals surface area contributed by atoms with Gasteiger partial charge in [-0.25, -0.2) is 0 Å². The lowest BCUT2D eigenvalue weighted by atomic mass is 10.1. The fourth-order valence-electron chi connectivity index (χ4n) is 3.39. The van der Waals surface area contributed by atoms with Crippen LogP contribution in [0.25, 0.3) is 21.8 Å². The van der Waals surface area contributed by atoms with E-state index in [9.17, 15) is 0 Å². The monoisotopic (exact) mass is 350 g/mol. The van der Waals surface area contributed by atoms with Gasteiger partial charge in [0.1, 0.15) is 0 Å². The summed E-state index contributed by atoms with van der Waals surface area (Å²) in [5.74, 6) is 0. The van der Waals surface area contributed by atoms with Crippen LogP contribution in [0, 0.1) is 0 Å². The number of para-hydroxylation sites is 1. The van der Waals surface area contributed by atoms with E-state index < -0.39 is 0 Å². The highest BCUT2D eigenvalue weighted by molar-refractivity contribution is 6.08. The molecule has 4 rings (SSSR count). The van der Waals surface area contributed by atoms with Crippen LogP contribution in [0.3, 0.4) is 0 Å². The number of aromatic nitrogens is 2. The summed E-state index contributed by atoms with van der Waals surface area (Å²) in [5, 5.41) is 6.15. The lowest BCUT2D eigenvalue weighted by Crippen LogP contribution is -3.00. The zero-order valence-electron chi connectivity index (χ0n) is 14.2. The van der Waals surface area contributed by atoms with Crippen molar-refractivity contribution in [1.82, 2.24) is 14.9 Å². The average molecular weight is 351 g/mol. The first-order chi connectivity index (χ1) is 11.9. The molecule has 25 heavy (non-hydrogen) atoms. The molecule has 0 amide bonds. The lowest BCUT2D eigenvalue weighted by molar-refractivity contribution is -0.00000488. The highest BCUT2D eigenvalue weighted by Gasteiger charge is 2.09. The van der Waals surface area contributed by atoms with Gasteiger partial charge in [0.2, 0.25) is 0 Å². The Morgan fingerprint density at radius 2 is 1.68 bits per heavy atom. The maximum Gasteiger partial charge on any atom is 0.0541 e. The van der Waals surface area contributed by atoms with Gasteiger partial charge in [-0.2, -0.15) is 0 Å².